The molecule has 0 saturated heterocycles. The molecular formula is C15H26N2. The lowest BCUT2D eigenvalue weighted by Crippen LogP contribution is -2.20. The molecule has 0 N–H and O–H groups in total. The van der Waals surface area contributed by atoms with Crippen LogP contribution in [0.15, 0.2) is 28.5 Å². The van der Waals surface area contributed by atoms with Gasteiger partial charge in [-0.25, -0.2) is 0 Å². The molecule has 1 aliphatic rings. The van der Waals surface area contributed by atoms with Crippen molar-refractivity contribution in [3.63, 3.8) is 0 Å². The van der Waals surface area contributed by atoms with Crippen molar-refractivity contribution in [1.29, 1.82) is 0 Å². The van der Waals surface area contributed by atoms with Gasteiger partial charge in [-0.1, -0.05) is 26.7 Å². The molecule has 0 aromatic rings. The number of hydrogen-bond donors (Lipinski definition) is 0. The van der Waals surface area contributed by atoms with Crippen molar-refractivity contribution in [2.75, 3.05) is 13.6 Å². The Morgan fingerprint density at radius 2 is 2.24 bits per heavy atom. The van der Waals surface area contributed by atoms with Crippen LogP contribution in [0.1, 0.15) is 40.5 Å². The van der Waals surface area contributed by atoms with Gasteiger partial charge in [0, 0.05) is 37.6 Å². The summed E-state index contributed by atoms with van der Waals surface area (Å²) in [4.78, 5) is 6.50. The standard InChI is InChI=1S/C15H26N2/c1-6-8-12(3)14-11-17(5)15(13(14)4)9-10-16-7-2/h7,9-10,12,14H,6,8,11H2,1-5H3/b10-9-,16-7-. The van der Waals surface area contributed by atoms with Gasteiger partial charge in [0.2, 0.25) is 0 Å². The largest absolute Gasteiger partial charge is 0.374 e. The first-order valence-corrected chi connectivity index (χ1v) is 6.68. The van der Waals surface area contributed by atoms with Crippen LogP contribution in [0.2, 0.25) is 0 Å². The molecule has 0 aromatic heterocycles. The van der Waals surface area contributed by atoms with Crippen molar-refractivity contribution in [3.05, 3.63) is 23.5 Å². The molecule has 0 radical (unpaired) electrons. The molecule has 0 bridgehead atoms. The molecule has 1 aliphatic heterocycles. The number of hydrogen-bond acceptors (Lipinski definition) is 2. The summed E-state index contributed by atoms with van der Waals surface area (Å²) in [5, 5.41) is 0. The van der Waals surface area contributed by atoms with E-state index in [4.69, 9.17) is 0 Å². The van der Waals surface area contributed by atoms with E-state index < -0.39 is 0 Å². The average Bonchev–Trinajstić information content (AvgIpc) is 2.57. The summed E-state index contributed by atoms with van der Waals surface area (Å²) in [7, 11) is 2.18. The van der Waals surface area contributed by atoms with Crippen LogP contribution in [0.3, 0.4) is 0 Å². The van der Waals surface area contributed by atoms with E-state index in [2.05, 4.69) is 43.8 Å². The maximum atomic E-state index is 4.14. The first-order valence-electron chi connectivity index (χ1n) is 6.68. The van der Waals surface area contributed by atoms with Crippen molar-refractivity contribution in [2.24, 2.45) is 16.8 Å². The lowest BCUT2D eigenvalue weighted by atomic mass is 9.86. The normalized spacial score (nSPS) is 23.4. The summed E-state index contributed by atoms with van der Waals surface area (Å²) in [6, 6.07) is 0. The molecule has 0 amide bonds. The number of allylic oxidation sites excluding steroid dienone is 1. The van der Waals surface area contributed by atoms with E-state index in [-0.39, 0.29) is 0 Å². The van der Waals surface area contributed by atoms with Crippen molar-refractivity contribution < 1.29 is 0 Å². The van der Waals surface area contributed by atoms with Gasteiger partial charge in [-0.15, -0.1) is 0 Å². The van der Waals surface area contributed by atoms with Crippen molar-refractivity contribution in [1.82, 2.24) is 4.90 Å². The highest BCUT2D eigenvalue weighted by Gasteiger charge is 2.28. The summed E-state index contributed by atoms with van der Waals surface area (Å²) in [5.41, 5.74) is 2.87. The minimum Gasteiger partial charge on any atom is -0.374 e. The van der Waals surface area contributed by atoms with Gasteiger partial charge in [-0.3, -0.25) is 4.99 Å². The zero-order valence-electron chi connectivity index (χ0n) is 11.9. The Balaban J connectivity index is 2.80. The monoisotopic (exact) mass is 234 g/mol. The minimum absolute atomic E-state index is 0.713. The highest BCUT2D eigenvalue weighted by atomic mass is 15.1. The highest BCUT2D eigenvalue weighted by molar-refractivity contribution is 5.54. The van der Waals surface area contributed by atoms with Crippen LogP contribution in [-0.2, 0) is 0 Å². The summed E-state index contributed by atoms with van der Waals surface area (Å²) in [5.74, 6) is 1.49. The summed E-state index contributed by atoms with van der Waals surface area (Å²) in [6.07, 6.45) is 8.44. The third kappa shape index (κ3) is 3.45. The van der Waals surface area contributed by atoms with Gasteiger partial charge < -0.3 is 4.90 Å². The summed E-state index contributed by atoms with van der Waals surface area (Å²) < 4.78 is 0. The van der Waals surface area contributed by atoms with Gasteiger partial charge in [-0.2, -0.15) is 0 Å². The quantitative estimate of drug-likeness (QED) is 0.659. The predicted molar refractivity (Wildman–Crippen MR) is 76.2 cm³/mol. The van der Waals surface area contributed by atoms with Crippen molar-refractivity contribution >= 4 is 6.21 Å². The topological polar surface area (TPSA) is 15.6 Å². The molecule has 0 saturated carbocycles. The number of likely N-dealkylation sites (N-methyl/N-ethyl adjacent to an activating group) is 1. The van der Waals surface area contributed by atoms with E-state index in [1.807, 2.05) is 19.3 Å². The van der Waals surface area contributed by atoms with E-state index >= 15 is 0 Å². The fraction of sp³-hybridized carbons (Fsp3) is 0.667. The summed E-state index contributed by atoms with van der Waals surface area (Å²) >= 11 is 0. The van der Waals surface area contributed by atoms with Crippen LogP contribution in [0.4, 0.5) is 0 Å². The number of nitrogens with zero attached hydrogens (tertiary/aromatic N) is 2. The van der Waals surface area contributed by atoms with E-state index in [9.17, 15) is 0 Å². The van der Waals surface area contributed by atoms with Crippen LogP contribution in [-0.4, -0.2) is 24.7 Å². The fourth-order valence-electron chi connectivity index (χ4n) is 2.74. The zero-order chi connectivity index (χ0) is 12.8. The molecule has 2 atom stereocenters. The van der Waals surface area contributed by atoms with Crippen LogP contribution >= 0.6 is 0 Å². The minimum atomic E-state index is 0.713. The second kappa shape index (κ2) is 6.63. The second-order valence-electron chi connectivity index (χ2n) is 5.04. The average molecular weight is 234 g/mol. The lowest BCUT2D eigenvalue weighted by molar-refractivity contribution is 0.329. The Morgan fingerprint density at radius 1 is 1.53 bits per heavy atom. The molecule has 0 spiro atoms. The van der Waals surface area contributed by atoms with E-state index in [1.54, 1.807) is 0 Å². The Labute approximate surface area is 106 Å². The zero-order valence-corrected chi connectivity index (χ0v) is 11.9. The first-order chi connectivity index (χ1) is 8.11. The number of rotatable bonds is 5. The SMILES string of the molecule is C/C=N\C=C/C1=C(C)C(C(C)CCC)CN1C. The summed E-state index contributed by atoms with van der Waals surface area (Å²) in [6.45, 7) is 10.0. The van der Waals surface area contributed by atoms with Crippen molar-refractivity contribution in [3.8, 4) is 0 Å². The van der Waals surface area contributed by atoms with Gasteiger partial charge >= 0.3 is 0 Å². The third-order valence-electron chi connectivity index (χ3n) is 3.74. The fourth-order valence-corrected chi connectivity index (χ4v) is 2.74. The van der Waals surface area contributed by atoms with E-state index in [1.165, 1.54) is 24.1 Å². The first kappa shape index (κ1) is 14.0. The molecule has 0 aromatic carbocycles. The van der Waals surface area contributed by atoms with Gasteiger partial charge in [-0.05, 0) is 31.4 Å². The molecule has 2 heteroatoms. The van der Waals surface area contributed by atoms with Crippen LogP contribution in [0.5, 0.6) is 0 Å². The van der Waals surface area contributed by atoms with Crippen LogP contribution in [0, 0.1) is 11.8 Å². The molecule has 1 rings (SSSR count). The smallest absolute Gasteiger partial charge is 0.0371 e. The molecular weight excluding hydrogens is 208 g/mol. The van der Waals surface area contributed by atoms with Crippen LogP contribution < -0.4 is 0 Å². The Morgan fingerprint density at radius 3 is 2.82 bits per heavy atom. The second-order valence-corrected chi connectivity index (χ2v) is 5.04. The molecule has 2 nitrogen and oxygen atoms in total. The Hall–Kier alpha value is -1.05. The van der Waals surface area contributed by atoms with Crippen molar-refractivity contribution in [2.45, 2.75) is 40.5 Å². The van der Waals surface area contributed by atoms with Gasteiger partial charge in [0.25, 0.3) is 0 Å². The molecule has 2 unspecified atom stereocenters. The predicted octanol–water partition coefficient (Wildman–Crippen LogP) is 3.86. The van der Waals surface area contributed by atoms with E-state index in [0.717, 1.165) is 12.5 Å². The van der Waals surface area contributed by atoms with Crippen LogP contribution in [0.25, 0.3) is 0 Å². The van der Waals surface area contributed by atoms with Gasteiger partial charge in [0.05, 0.1) is 0 Å². The lowest BCUT2D eigenvalue weighted by Gasteiger charge is -2.20. The van der Waals surface area contributed by atoms with Gasteiger partial charge in [0.1, 0.15) is 0 Å². The molecule has 0 fully saturated rings. The van der Waals surface area contributed by atoms with Gasteiger partial charge in [0.15, 0.2) is 0 Å². The highest BCUT2D eigenvalue weighted by Crippen LogP contribution is 2.34. The number of aliphatic imine (C=N–C) groups is 1. The maximum absolute atomic E-state index is 4.14. The Bertz CT molecular complexity index is 326. The Kier molecular flexibility index (Phi) is 5.46. The molecule has 0 aliphatic carbocycles. The maximum Gasteiger partial charge on any atom is 0.0371 e. The molecule has 96 valence electrons. The van der Waals surface area contributed by atoms with E-state index in [0.29, 0.717) is 5.92 Å². The molecule has 1 heterocycles. The third-order valence-corrected chi connectivity index (χ3v) is 3.74. The molecule has 17 heavy (non-hydrogen) atoms.